The van der Waals surface area contributed by atoms with Gasteiger partial charge < -0.3 is 4.90 Å². The van der Waals surface area contributed by atoms with Crippen molar-refractivity contribution in [2.24, 2.45) is 5.92 Å². The minimum atomic E-state index is 0.262. The third-order valence-electron chi connectivity index (χ3n) is 4.47. The van der Waals surface area contributed by atoms with Gasteiger partial charge in [-0.3, -0.25) is 9.48 Å². The lowest BCUT2D eigenvalue weighted by atomic mass is 9.99. The second kappa shape index (κ2) is 5.88. The van der Waals surface area contributed by atoms with Gasteiger partial charge in [0.2, 0.25) is 5.91 Å². The fourth-order valence-corrected chi connectivity index (χ4v) is 2.98. The average molecular weight is 285 g/mol. The number of hydrogen-bond acceptors (Lipinski definition) is 2. The standard InChI is InChI=1S/C17H23N3O/c1-13-5-8-19(9-6-13)17(21)7-10-20-16-11-14(2)3-4-15(16)12-18-20/h3-4,11-13H,5-10H2,1-2H3. The number of hydrogen-bond donors (Lipinski definition) is 0. The van der Waals surface area contributed by atoms with E-state index in [0.717, 1.165) is 42.8 Å². The zero-order valence-corrected chi connectivity index (χ0v) is 12.9. The first-order chi connectivity index (χ1) is 10.1. The van der Waals surface area contributed by atoms with Crippen molar-refractivity contribution in [3.05, 3.63) is 30.0 Å². The van der Waals surface area contributed by atoms with Gasteiger partial charge >= 0.3 is 0 Å². The third kappa shape index (κ3) is 3.09. The summed E-state index contributed by atoms with van der Waals surface area (Å²) in [6.45, 7) is 6.84. The molecule has 1 saturated heterocycles. The maximum absolute atomic E-state index is 12.3. The zero-order valence-electron chi connectivity index (χ0n) is 12.9. The van der Waals surface area contributed by atoms with Crippen LogP contribution < -0.4 is 0 Å². The molecular formula is C17H23N3O. The summed E-state index contributed by atoms with van der Waals surface area (Å²) in [5, 5.41) is 5.55. The molecule has 1 amide bonds. The Kier molecular flexibility index (Phi) is 3.95. The highest BCUT2D eigenvalue weighted by Crippen LogP contribution is 2.18. The molecule has 0 bridgehead atoms. The van der Waals surface area contributed by atoms with Gasteiger partial charge in [0.05, 0.1) is 18.3 Å². The van der Waals surface area contributed by atoms with E-state index in [1.807, 2.05) is 15.8 Å². The zero-order chi connectivity index (χ0) is 14.8. The van der Waals surface area contributed by atoms with Gasteiger partial charge in [-0.2, -0.15) is 5.10 Å². The van der Waals surface area contributed by atoms with Crippen LogP contribution in [0.5, 0.6) is 0 Å². The Hall–Kier alpha value is -1.84. The van der Waals surface area contributed by atoms with E-state index >= 15 is 0 Å². The van der Waals surface area contributed by atoms with Crippen molar-refractivity contribution >= 4 is 16.8 Å². The average Bonchev–Trinajstić information content (AvgIpc) is 2.88. The van der Waals surface area contributed by atoms with Gasteiger partial charge in [0.15, 0.2) is 0 Å². The molecule has 2 heterocycles. The molecule has 3 rings (SSSR count). The van der Waals surface area contributed by atoms with Gasteiger partial charge in [-0.25, -0.2) is 0 Å². The Morgan fingerprint density at radius 3 is 2.86 bits per heavy atom. The number of benzene rings is 1. The van der Waals surface area contributed by atoms with E-state index in [1.165, 1.54) is 5.56 Å². The van der Waals surface area contributed by atoms with E-state index in [1.54, 1.807) is 0 Å². The van der Waals surface area contributed by atoms with Gasteiger partial charge in [0.25, 0.3) is 0 Å². The molecule has 1 aromatic heterocycles. The monoisotopic (exact) mass is 285 g/mol. The molecule has 0 saturated carbocycles. The summed E-state index contributed by atoms with van der Waals surface area (Å²) in [6.07, 6.45) is 4.69. The summed E-state index contributed by atoms with van der Waals surface area (Å²) in [6, 6.07) is 6.31. The molecule has 0 N–H and O–H groups in total. The molecule has 0 atom stereocenters. The van der Waals surface area contributed by atoms with Gasteiger partial charge in [-0.15, -0.1) is 0 Å². The smallest absolute Gasteiger partial charge is 0.224 e. The van der Waals surface area contributed by atoms with Crippen LogP contribution >= 0.6 is 0 Å². The van der Waals surface area contributed by atoms with E-state index in [4.69, 9.17) is 0 Å². The lowest BCUT2D eigenvalue weighted by Crippen LogP contribution is -2.38. The Labute approximate surface area is 125 Å². The van der Waals surface area contributed by atoms with Crippen LogP contribution in [0.15, 0.2) is 24.4 Å². The van der Waals surface area contributed by atoms with Crippen molar-refractivity contribution in [1.82, 2.24) is 14.7 Å². The SMILES string of the molecule is Cc1ccc2cnn(CCC(=O)N3CCC(C)CC3)c2c1. The van der Waals surface area contributed by atoms with Crippen LogP contribution in [0.2, 0.25) is 0 Å². The number of fused-ring (bicyclic) bond motifs is 1. The Morgan fingerprint density at radius 2 is 2.10 bits per heavy atom. The molecule has 1 aliphatic rings. The molecule has 0 radical (unpaired) electrons. The van der Waals surface area contributed by atoms with E-state index in [0.29, 0.717) is 13.0 Å². The molecule has 0 unspecified atom stereocenters. The number of aromatic nitrogens is 2. The quantitative estimate of drug-likeness (QED) is 0.869. The fraction of sp³-hybridized carbons (Fsp3) is 0.529. The maximum Gasteiger partial charge on any atom is 0.224 e. The van der Waals surface area contributed by atoms with Crippen LogP contribution in [0.1, 0.15) is 31.7 Å². The molecule has 2 aromatic rings. The first kappa shape index (κ1) is 14.1. The molecule has 4 nitrogen and oxygen atoms in total. The third-order valence-corrected chi connectivity index (χ3v) is 4.47. The van der Waals surface area contributed by atoms with Crippen molar-refractivity contribution in [3.8, 4) is 0 Å². The molecule has 4 heteroatoms. The number of carbonyl (C=O) groups is 1. The minimum Gasteiger partial charge on any atom is -0.343 e. The van der Waals surface area contributed by atoms with Crippen LogP contribution in [0.25, 0.3) is 10.9 Å². The predicted octanol–water partition coefficient (Wildman–Crippen LogP) is 2.99. The van der Waals surface area contributed by atoms with Crippen molar-refractivity contribution in [2.75, 3.05) is 13.1 Å². The molecule has 1 aromatic carbocycles. The minimum absolute atomic E-state index is 0.262. The van der Waals surface area contributed by atoms with E-state index in [2.05, 4.69) is 37.1 Å². The summed E-state index contributed by atoms with van der Waals surface area (Å²) >= 11 is 0. The highest BCUT2D eigenvalue weighted by molar-refractivity contribution is 5.80. The topological polar surface area (TPSA) is 38.1 Å². The van der Waals surface area contributed by atoms with Crippen molar-refractivity contribution < 1.29 is 4.79 Å². The normalized spacial score (nSPS) is 16.6. The van der Waals surface area contributed by atoms with Gasteiger partial charge in [0.1, 0.15) is 0 Å². The molecule has 1 aliphatic heterocycles. The molecule has 0 spiro atoms. The van der Waals surface area contributed by atoms with Gasteiger partial charge in [-0.05, 0) is 37.3 Å². The Bertz CT molecular complexity index is 639. The second-order valence-electron chi connectivity index (χ2n) is 6.24. The molecule has 21 heavy (non-hydrogen) atoms. The summed E-state index contributed by atoms with van der Waals surface area (Å²) in [7, 11) is 0. The highest BCUT2D eigenvalue weighted by Gasteiger charge is 2.20. The van der Waals surface area contributed by atoms with E-state index in [-0.39, 0.29) is 5.91 Å². The number of carbonyl (C=O) groups excluding carboxylic acids is 1. The van der Waals surface area contributed by atoms with Crippen LogP contribution in [0.4, 0.5) is 0 Å². The lowest BCUT2D eigenvalue weighted by Gasteiger charge is -2.30. The molecule has 0 aliphatic carbocycles. The first-order valence-electron chi connectivity index (χ1n) is 7.83. The van der Waals surface area contributed by atoms with Crippen molar-refractivity contribution in [2.45, 2.75) is 39.7 Å². The van der Waals surface area contributed by atoms with Crippen LogP contribution in [-0.4, -0.2) is 33.7 Å². The molecule has 1 fully saturated rings. The summed E-state index contributed by atoms with van der Waals surface area (Å²) in [4.78, 5) is 14.3. The Morgan fingerprint density at radius 1 is 1.33 bits per heavy atom. The van der Waals surface area contributed by atoms with Crippen LogP contribution in [0.3, 0.4) is 0 Å². The lowest BCUT2D eigenvalue weighted by molar-refractivity contribution is -0.132. The van der Waals surface area contributed by atoms with E-state index < -0.39 is 0 Å². The van der Waals surface area contributed by atoms with Gasteiger partial charge in [-0.1, -0.05) is 19.1 Å². The number of rotatable bonds is 3. The largest absolute Gasteiger partial charge is 0.343 e. The van der Waals surface area contributed by atoms with Crippen molar-refractivity contribution in [1.29, 1.82) is 0 Å². The summed E-state index contributed by atoms with van der Waals surface area (Å²) < 4.78 is 1.95. The predicted molar refractivity (Wildman–Crippen MR) is 84.1 cm³/mol. The number of amides is 1. The molecule has 112 valence electrons. The maximum atomic E-state index is 12.3. The van der Waals surface area contributed by atoms with Crippen LogP contribution in [-0.2, 0) is 11.3 Å². The fourth-order valence-electron chi connectivity index (χ4n) is 2.98. The number of nitrogens with zero attached hydrogens (tertiary/aromatic N) is 3. The molecular weight excluding hydrogens is 262 g/mol. The van der Waals surface area contributed by atoms with Gasteiger partial charge in [0, 0.05) is 24.9 Å². The summed E-state index contributed by atoms with van der Waals surface area (Å²) in [5.74, 6) is 1.02. The number of aryl methyl sites for hydroxylation is 2. The number of piperidine rings is 1. The first-order valence-corrected chi connectivity index (χ1v) is 7.83. The number of likely N-dealkylation sites (tertiary alicyclic amines) is 1. The Balaban J connectivity index is 1.63. The highest BCUT2D eigenvalue weighted by atomic mass is 16.2. The van der Waals surface area contributed by atoms with Crippen LogP contribution in [0, 0.1) is 12.8 Å². The van der Waals surface area contributed by atoms with E-state index in [9.17, 15) is 4.79 Å². The van der Waals surface area contributed by atoms with Crippen molar-refractivity contribution in [3.63, 3.8) is 0 Å². The summed E-state index contributed by atoms with van der Waals surface area (Å²) in [5.41, 5.74) is 2.34. The second-order valence-corrected chi connectivity index (χ2v) is 6.24.